The number of hydrogen-bond acceptors (Lipinski definition) is 3. The van der Waals surface area contributed by atoms with Crippen LogP contribution < -0.4 is 0 Å². The number of aliphatic carboxylic acids is 1. The Morgan fingerprint density at radius 1 is 1.20 bits per heavy atom. The van der Waals surface area contributed by atoms with Crippen molar-refractivity contribution >= 4 is 17.3 Å². The lowest BCUT2D eigenvalue weighted by Crippen LogP contribution is -2.20. The van der Waals surface area contributed by atoms with Crippen molar-refractivity contribution in [3.8, 4) is 10.4 Å². The molecule has 0 amide bonds. The predicted molar refractivity (Wildman–Crippen MR) is 83.1 cm³/mol. The van der Waals surface area contributed by atoms with Gasteiger partial charge >= 0.3 is 5.97 Å². The Labute approximate surface area is 123 Å². The Kier molecular flexibility index (Phi) is 4.93. The van der Waals surface area contributed by atoms with Crippen molar-refractivity contribution in [3.05, 3.63) is 46.8 Å². The van der Waals surface area contributed by atoms with E-state index in [1.54, 1.807) is 11.3 Å². The van der Waals surface area contributed by atoms with Crippen molar-refractivity contribution in [1.29, 1.82) is 0 Å². The second-order valence-corrected chi connectivity index (χ2v) is 6.18. The van der Waals surface area contributed by atoms with Gasteiger partial charge in [0, 0.05) is 22.8 Å². The van der Waals surface area contributed by atoms with Crippen molar-refractivity contribution in [3.63, 3.8) is 0 Å². The highest BCUT2D eigenvalue weighted by molar-refractivity contribution is 7.15. The first-order valence-electron chi connectivity index (χ1n) is 6.60. The zero-order valence-corrected chi connectivity index (χ0v) is 12.6. The SMILES string of the molecule is Cc1ccc(-c2ccc(CN(C)CCC(=O)O)s2)cc1. The largest absolute Gasteiger partial charge is 0.481 e. The summed E-state index contributed by atoms with van der Waals surface area (Å²) in [6, 6.07) is 12.8. The zero-order chi connectivity index (χ0) is 14.5. The van der Waals surface area contributed by atoms with Crippen LogP contribution in [0, 0.1) is 6.92 Å². The summed E-state index contributed by atoms with van der Waals surface area (Å²) >= 11 is 1.77. The molecule has 1 heterocycles. The fourth-order valence-corrected chi connectivity index (χ4v) is 3.06. The lowest BCUT2D eigenvalue weighted by molar-refractivity contribution is -0.137. The summed E-state index contributed by atoms with van der Waals surface area (Å²) in [6.45, 7) is 3.46. The minimum atomic E-state index is -0.747. The van der Waals surface area contributed by atoms with Crippen LogP contribution >= 0.6 is 11.3 Å². The van der Waals surface area contributed by atoms with Gasteiger partial charge in [-0.15, -0.1) is 11.3 Å². The smallest absolute Gasteiger partial charge is 0.304 e. The van der Waals surface area contributed by atoms with Crippen LogP contribution in [-0.2, 0) is 11.3 Å². The second-order valence-electron chi connectivity index (χ2n) is 5.01. The summed E-state index contributed by atoms with van der Waals surface area (Å²) in [5, 5.41) is 8.68. The fourth-order valence-electron chi connectivity index (χ4n) is 1.97. The Balaban J connectivity index is 1.98. The van der Waals surface area contributed by atoms with E-state index in [2.05, 4.69) is 43.3 Å². The minimum absolute atomic E-state index is 0.187. The molecule has 0 unspecified atom stereocenters. The van der Waals surface area contributed by atoms with Crippen LogP contribution in [0.25, 0.3) is 10.4 Å². The highest BCUT2D eigenvalue weighted by atomic mass is 32.1. The van der Waals surface area contributed by atoms with E-state index in [-0.39, 0.29) is 6.42 Å². The van der Waals surface area contributed by atoms with Crippen LogP contribution in [-0.4, -0.2) is 29.6 Å². The molecule has 0 aliphatic carbocycles. The first-order valence-corrected chi connectivity index (χ1v) is 7.42. The lowest BCUT2D eigenvalue weighted by Gasteiger charge is -2.13. The third-order valence-electron chi connectivity index (χ3n) is 3.13. The standard InChI is InChI=1S/C16H19NO2S/c1-12-3-5-13(6-4-12)15-8-7-14(20-15)11-17(2)10-9-16(18)19/h3-8H,9-11H2,1-2H3,(H,18,19). The predicted octanol–water partition coefficient (Wildman–Crippen LogP) is 3.63. The molecule has 0 saturated carbocycles. The first-order chi connectivity index (χ1) is 9.54. The molecule has 2 aromatic rings. The van der Waals surface area contributed by atoms with Crippen molar-refractivity contribution in [2.24, 2.45) is 0 Å². The van der Waals surface area contributed by atoms with Crippen LogP contribution in [0.1, 0.15) is 16.9 Å². The monoisotopic (exact) mass is 289 g/mol. The number of carbonyl (C=O) groups is 1. The summed E-state index contributed by atoms with van der Waals surface area (Å²) in [5.41, 5.74) is 2.50. The van der Waals surface area contributed by atoms with Crippen LogP contribution in [0.2, 0.25) is 0 Å². The van der Waals surface area contributed by atoms with E-state index in [1.807, 2.05) is 11.9 Å². The van der Waals surface area contributed by atoms with Crippen LogP contribution in [0.3, 0.4) is 0 Å². The average molecular weight is 289 g/mol. The molecule has 0 aliphatic heterocycles. The number of nitrogens with zero attached hydrogens (tertiary/aromatic N) is 1. The van der Waals surface area contributed by atoms with Gasteiger partial charge in [-0.2, -0.15) is 0 Å². The van der Waals surface area contributed by atoms with Gasteiger partial charge in [-0.05, 0) is 31.7 Å². The molecule has 106 valence electrons. The number of aryl methyl sites for hydroxylation is 1. The number of carboxylic acid groups (broad SMARTS) is 1. The van der Waals surface area contributed by atoms with E-state index >= 15 is 0 Å². The molecular weight excluding hydrogens is 270 g/mol. The van der Waals surface area contributed by atoms with Gasteiger partial charge in [-0.1, -0.05) is 29.8 Å². The molecule has 0 saturated heterocycles. The summed E-state index contributed by atoms with van der Waals surface area (Å²) in [5.74, 6) is -0.747. The molecule has 2 rings (SSSR count). The highest BCUT2D eigenvalue weighted by Gasteiger charge is 2.07. The summed E-state index contributed by atoms with van der Waals surface area (Å²) in [7, 11) is 1.95. The molecule has 3 nitrogen and oxygen atoms in total. The average Bonchev–Trinajstić information content (AvgIpc) is 2.85. The Hall–Kier alpha value is -1.65. The number of thiophene rings is 1. The van der Waals surface area contributed by atoms with Gasteiger partial charge in [0.15, 0.2) is 0 Å². The number of hydrogen-bond donors (Lipinski definition) is 1. The van der Waals surface area contributed by atoms with E-state index in [4.69, 9.17) is 5.11 Å². The van der Waals surface area contributed by atoms with E-state index < -0.39 is 5.97 Å². The molecule has 0 bridgehead atoms. The van der Waals surface area contributed by atoms with E-state index in [0.29, 0.717) is 6.54 Å². The summed E-state index contributed by atoms with van der Waals surface area (Å²) in [6.07, 6.45) is 0.187. The molecule has 1 aromatic heterocycles. The number of carboxylic acids is 1. The van der Waals surface area contributed by atoms with Gasteiger partial charge in [-0.3, -0.25) is 4.79 Å². The molecule has 0 spiro atoms. The topological polar surface area (TPSA) is 40.5 Å². The Morgan fingerprint density at radius 3 is 2.55 bits per heavy atom. The fraction of sp³-hybridized carbons (Fsp3) is 0.312. The molecule has 0 radical (unpaired) electrons. The minimum Gasteiger partial charge on any atom is -0.481 e. The van der Waals surface area contributed by atoms with Crippen molar-refractivity contribution < 1.29 is 9.90 Å². The van der Waals surface area contributed by atoms with Crippen molar-refractivity contribution in [1.82, 2.24) is 4.90 Å². The maximum atomic E-state index is 10.5. The summed E-state index contributed by atoms with van der Waals surface area (Å²) in [4.78, 5) is 15.1. The lowest BCUT2D eigenvalue weighted by atomic mass is 10.1. The van der Waals surface area contributed by atoms with E-state index in [9.17, 15) is 4.79 Å². The molecule has 0 aliphatic rings. The van der Waals surface area contributed by atoms with Crippen molar-refractivity contribution in [2.75, 3.05) is 13.6 Å². The maximum absolute atomic E-state index is 10.5. The normalized spacial score (nSPS) is 10.9. The quantitative estimate of drug-likeness (QED) is 0.883. The van der Waals surface area contributed by atoms with Gasteiger partial charge in [0.25, 0.3) is 0 Å². The van der Waals surface area contributed by atoms with Crippen LogP contribution in [0.4, 0.5) is 0 Å². The van der Waals surface area contributed by atoms with Gasteiger partial charge in [-0.25, -0.2) is 0 Å². The molecule has 20 heavy (non-hydrogen) atoms. The van der Waals surface area contributed by atoms with Crippen LogP contribution in [0.5, 0.6) is 0 Å². The third kappa shape index (κ3) is 4.18. The zero-order valence-electron chi connectivity index (χ0n) is 11.8. The molecular formula is C16H19NO2S. The number of benzene rings is 1. The highest BCUT2D eigenvalue weighted by Crippen LogP contribution is 2.28. The Bertz CT molecular complexity index is 574. The molecule has 0 fully saturated rings. The molecule has 1 N–H and O–H groups in total. The second kappa shape index (κ2) is 6.68. The van der Waals surface area contributed by atoms with Gasteiger partial charge in [0.2, 0.25) is 0 Å². The van der Waals surface area contributed by atoms with Gasteiger partial charge in [0.05, 0.1) is 6.42 Å². The maximum Gasteiger partial charge on any atom is 0.304 e. The first kappa shape index (κ1) is 14.8. The van der Waals surface area contributed by atoms with E-state index in [1.165, 1.54) is 20.9 Å². The molecule has 4 heteroatoms. The summed E-state index contributed by atoms with van der Waals surface area (Å²) < 4.78 is 0. The molecule has 0 atom stereocenters. The number of rotatable bonds is 6. The molecule has 1 aromatic carbocycles. The van der Waals surface area contributed by atoms with Crippen molar-refractivity contribution in [2.45, 2.75) is 19.9 Å². The third-order valence-corrected chi connectivity index (χ3v) is 4.25. The van der Waals surface area contributed by atoms with Gasteiger partial charge < -0.3 is 10.0 Å². The van der Waals surface area contributed by atoms with E-state index in [0.717, 1.165) is 6.54 Å². The Morgan fingerprint density at radius 2 is 1.90 bits per heavy atom. The van der Waals surface area contributed by atoms with Crippen LogP contribution in [0.15, 0.2) is 36.4 Å². The van der Waals surface area contributed by atoms with Gasteiger partial charge in [0.1, 0.15) is 0 Å².